The Bertz CT molecular complexity index is 523. The molecule has 0 amide bonds. The molecular weight excluding hydrogens is 232 g/mol. The molecule has 1 aromatic rings. The Balaban J connectivity index is 2.32. The predicted molar refractivity (Wildman–Crippen MR) is 67.4 cm³/mol. The Morgan fingerprint density at radius 3 is 2.78 bits per heavy atom. The van der Waals surface area contributed by atoms with Gasteiger partial charge in [-0.1, -0.05) is 12.1 Å². The SMILES string of the molecule is CN1CCC/C1=C/C(=O)c1ccccc1[N+](=O)[O-]. The van der Waals surface area contributed by atoms with E-state index in [1.54, 1.807) is 12.1 Å². The molecule has 0 spiro atoms. The van der Waals surface area contributed by atoms with E-state index < -0.39 is 4.92 Å². The predicted octanol–water partition coefficient (Wildman–Crippen LogP) is 2.39. The van der Waals surface area contributed by atoms with Gasteiger partial charge >= 0.3 is 0 Å². The molecule has 0 N–H and O–H groups in total. The minimum absolute atomic E-state index is 0.139. The summed E-state index contributed by atoms with van der Waals surface area (Å²) in [5, 5.41) is 10.8. The van der Waals surface area contributed by atoms with Crippen LogP contribution in [0.2, 0.25) is 0 Å². The fourth-order valence-corrected chi connectivity index (χ4v) is 2.08. The molecule has 18 heavy (non-hydrogen) atoms. The van der Waals surface area contributed by atoms with Gasteiger partial charge in [0, 0.05) is 31.4 Å². The van der Waals surface area contributed by atoms with Crippen molar-refractivity contribution in [3.63, 3.8) is 0 Å². The van der Waals surface area contributed by atoms with Gasteiger partial charge in [-0.25, -0.2) is 0 Å². The highest BCUT2D eigenvalue weighted by Gasteiger charge is 2.20. The van der Waals surface area contributed by atoms with Crippen LogP contribution in [0.25, 0.3) is 0 Å². The van der Waals surface area contributed by atoms with Crippen molar-refractivity contribution >= 4 is 11.5 Å². The molecule has 0 unspecified atom stereocenters. The molecule has 0 atom stereocenters. The molecule has 0 radical (unpaired) electrons. The summed E-state index contributed by atoms with van der Waals surface area (Å²) in [6.45, 7) is 0.927. The van der Waals surface area contributed by atoms with Gasteiger partial charge in [0.2, 0.25) is 0 Å². The summed E-state index contributed by atoms with van der Waals surface area (Å²) in [7, 11) is 1.92. The smallest absolute Gasteiger partial charge is 0.280 e. The summed E-state index contributed by atoms with van der Waals surface area (Å²) in [5.74, 6) is -0.300. The fourth-order valence-electron chi connectivity index (χ4n) is 2.08. The average Bonchev–Trinajstić information content (AvgIpc) is 2.75. The van der Waals surface area contributed by atoms with Crippen LogP contribution in [0.4, 0.5) is 5.69 Å². The summed E-state index contributed by atoms with van der Waals surface area (Å²) in [4.78, 5) is 24.4. The first-order valence-corrected chi connectivity index (χ1v) is 5.79. The number of para-hydroxylation sites is 1. The van der Waals surface area contributed by atoms with Crippen molar-refractivity contribution in [1.82, 2.24) is 4.90 Å². The van der Waals surface area contributed by atoms with Crippen molar-refractivity contribution in [2.75, 3.05) is 13.6 Å². The molecule has 1 aliphatic heterocycles. The molecule has 0 aromatic heterocycles. The van der Waals surface area contributed by atoms with Crippen LogP contribution in [0.15, 0.2) is 36.0 Å². The van der Waals surface area contributed by atoms with E-state index in [0.717, 1.165) is 25.1 Å². The zero-order valence-corrected chi connectivity index (χ0v) is 10.1. The number of nitrogens with zero attached hydrogens (tertiary/aromatic N) is 2. The van der Waals surface area contributed by atoms with Crippen LogP contribution in [0.3, 0.4) is 0 Å². The molecule has 0 saturated carbocycles. The minimum Gasteiger partial charge on any atom is -0.378 e. The topological polar surface area (TPSA) is 63.5 Å². The number of allylic oxidation sites excluding steroid dienone is 2. The monoisotopic (exact) mass is 246 g/mol. The molecule has 1 aromatic carbocycles. The van der Waals surface area contributed by atoms with Gasteiger partial charge in [-0.3, -0.25) is 14.9 Å². The van der Waals surface area contributed by atoms with E-state index in [0.29, 0.717) is 0 Å². The van der Waals surface area contributed by atoms with Gasteiger partial charge in [-0.15, -0.1) is 0 Å². The van der Waals surface area contributed by atoms with Gasteiger partial charge in [0.1, 0.15) is 0 Å². The van der Waals surface area contributed by atoms with Crippen molar-refractivity contribution < 1.29 is 9.72 Å². The number of nitro groups is 1. The van der Waals surface area contributed by atoms with Crippen LogP contribution in [0.1, 0.15) is 23.2 Å². The van der Waals surface area contributed by atoms with E-state index >= 15 is 0 Å². The van der Waals surface area contributed by atoms with Crippen LogP contribution in [-0.2, 0) is 0 Å². The summed E-state index contributed by atoms with van der Waals surface area (Å²) >= 11 is 0. The lowest BCUT2D eigenvalue weighted by Gasteiger charge is -2.11. The molecular formula is C13H14N2O3. The van der Waals surface area contributed by atoms with E-state index in [2.05, 4.69) is 0 Å². The highest BCUT2D eigenvalue weighted by atomic mass is 16.6. The highest BCUT2D eigenvalue weighted by Crippen LogP contribution is 2.22. The first kappa shape index (κ1) is 12.3. The molecule has 1 heterocycles. The largest absolute Gasteiger partial charge is 0.378 e. The number of carbonyl (C=O) groups excluding carboxylic acids is 1. The molecule has 94 valence electrons. The molecule has 0 aliphatic carbocycles. The second-order valence-electron chi connectivity index (χ2n) is 4.30. The lowest BCUT2D eigenvalue weighted by molar-refractivity contribution is -0.385. The van der Waals surface area contributed by atoms with E-state index in [9.17, 15) is 14.9 Å². The van der Waals surface area contributed by atoms with Crippen molar-refractivity contribution in [1.29, 1.82) is 0 Å². The van der Waals surface area contributed by atoms with Crippen LogP contribution in [-0.4, -0.2) is 29.2 Å². The number of hydrogen-bond donors (Lipinski definition) is 0. The number of ketones is 1. The van der Waals surface area contributed by atoms with Crippen LogP contribution < -0.4 is 0 Å². The number of benzene rings is 1. The van der Waals surface area contributed by atoms with Gasteiger partial charge in [0.15, 0.2) is 5.78 Å². The number of hydrogen-bond acceptors (Lipinski definition) is 4. The van der Waals surface area contributed by atoms with Crippen LogP contribution in [0, 0.1) is 10.1 Å². The Morgan fingerprint density at radius 1 is 1.44 bits per heavy atom. The summed E-state index contributed by atoms with van der Waals surface area (Å²) < 4.78 is 0. The van der Waals surface area contributed by atoms with E-state index in [4.69, 9.17) is 0 Å². The molecule has 1 aliphatic rings. The van der Waals surface area contributed by atoms with Gasteiger partial charge in [0.05, 0.1) is 10.5 Å². The lowest BCUT2D eigenvalue weighted by atomic mass is 10.1. The maximum absolute atomic E-state index is 12.1. The number of nitro benzene ring substituents is 1. The standard InChI is InChI=1S/C13H14N2O3/c1-14-8-4-5-10(14)9-13(16)11-6-2-3-7-12(11)15(17)18/h2-3,6-7,9H,4-5,8H2,1H3/b10-9-. The van der Waals surface area contributed by atoms with Crippen LogP contribution in [0.5, 0.6) is 0 Å². The summed E-state index contributed by atoms with van der Waals surface area (Å²) in [6, 6.07) is 6.04. The van der Waals surface area contributed by atoms with Gasteiger partial charge in [-0.2, -0.15) is 0 Å². The highest BCUT2D eigenvalue weighted by molar-refractivity contribution is 6.07. The fraction of sp³-hybridized carbons (Fsp3) is 0.308. The van der Waals surface area contributed by atoms with Crippen molar-refractivity contribution in [2.24, 2.45) is 0 Å². The van der Waals surface area contributed by atoms with Crippen LogP contribution >= 0.6 is 0 Å². The van der Waals surface area contributed by atoms with Gasteiger partial charge in [-0.05, 0) is 18.9 Å². The molecule has 1 fully saturated rings. The quantitative estimate of drug-likeness (QED) is 0.355. The Morgan fingerprint density at radius 2 is 2.17 bits per heavy atom. The van der Waals surface area contributed by atoms with Gasteiger partial charge < -0.3 is 4.90 Å². The van der Waals surface area contributed by atoms with E-state index in [-0.39, 0.29) is 17.0 Å². The molecule has 5 heteroatoms. The van der Waals surface area contributed by atoms with Crippen molar-refractivity contribution in [3.05, 3.63) is 51.7 Å². The number of likely N-dealkylation sites (tertiary alicyclic amines) is 1. The van der Waals surface area contributed by atoms with E-state index in [1.807, 2.05) is 11.9 Å². The Kier molecular flexibility index (Phi) is 3.41. The molecule has 5 nitrogen and oxygen atoms in total. The zero-order chi connectivity index (χ0) is 13.1. The Labute approximate surface area is 105 Å². The third-order valence-electron chi connectivity index (χ3n) is 3.08. The van der Waals surface area contributed by atoms with E-state index in [1.165, 1.54) is 18.2 Å². The average molecular weight is 246 g/mol. The maximum Gasteiger partial charge on any atom is 0.280 e. The lowest BCUT2D eigenvalue weighted by Crippen LogP contribution is -2.12. The molecule has 1 saturated heterocycles. The Hall–Kier alpha value is -2.17. The normalized spacial score (nSPS) is 17.2. The zero-order valence-electron chi connectivity index (χ0n) is 10.1. The second-order valence-corrected chi connectivity index (χ2v) is 4.30. The summed E-state index contributed by atoms with van der Waals surface area (Å²) in [6.07, 6.45) is 3.38. The third kappa shape index (κ3) is 2.40. The number of rotatable bonds is 3. The van der Waals surface area contributed by atoms with Crippen molar-refractivity contribution in [3.8, 4) is 0 Å². The first-order chi connectivity index (χ1) is 8.59. The second kappa shape index (κ2) is 5.00. The minimum atomic E-state index is -0.524. The third-order valence-corrected chi connectivity index (χ3v) is 3.08. The molecule has 0 bridgehead atoms. The summed E-state index contributed by atoms with van der Waals surface area (Å²) in [5.41, 5.74) is 0.952. The molecule has 2 rings (SSSR count). The number of carbonyl (C=O) groups is 1. The van der Waals surface area contributed by atoms with Crippen molar-refractivity contribution in [2.45, 2.75) is 12.8 Å². The first-order valence-electron chi connectivity index (χ1n) is 5.79. The maximum atomic E-state index is 12.1. The van der Waals surface area contributed by atoms with Gasteiger partial charge in [0.25, 0.3) is 5.69 Å².